The van der Waals surface area contributed by atoms with Gasteiger partial charge >= 0.3 is 0 Å². The number of rotatable bonds is 7. The van der Waals surface area contributed by atoms with Gasteiger partial charge in [-0.25, -0.2) is 4.39 Å². The van der Waals surface area contributed by atoms with Crippen molar-refractivity contribution in [2.24, 2.45) is 0 Å². The lowest BCUT2D eigenvalue weighted by molar-refractivity contribution is -0.118. The lowest BCUT2D eigenvalue weighted by Gasteiger charge is -2.12. The predicted octanol–water partition coefficient (Wildman–Crippen LogP) is 4.98. The van der Waals surface area contributed by atoms with Crippen molar-refractivity contribution < 1.29 is 13.9 Å². The number of H-pyrrole nitrogens is 1. The first kappa shape index (κ1) is 20.7. The molecule has 1 heterocycles. The molecule has 7 heteroatoms. The highest BCUT2D eigenvalue weighted by Gasteiger charge is 2.10. The fourth-order valence-electron chi connectivity index (χ4n) is 3.07. The van der Waals surface area contributed by atoms with Crippen LogP contribution in [0.4, 0.5) is 10.1 Å². The van der Waals surface area contributed by atoms with E-state index in [1.807, 2.05) is 36.4 Å². The summed E-state index contributed by atoms with van der Waals surface area (Å²) < 4.78 is 18.9. The number of anilines is 1. The predicted molar refractivity (Wildman–Crippen MR) is 121 cm³/mol. The second kappa shape index (κ2) is 9.49. The summed E-state index contributed by atoms with van der Waals surface area (Å²) in [5.41, 5.74) is 2.17. The number of carbonyl (C=O) groups is 1. The van der Waals surface area contributed by atoms with Crippen LogP contribution in [0, 0.1) is 5.82 Å². The van der Waals surface area contributed by atoms with E-state index >= 15 is 0 Å². The van der Waals surface area contributed by atoms with Crippen molar-refractivity contribution >= 4 is 34.3 Å². The first-order valence-electron chi connectivity index (χ1n) is 9.60. The third kappa shape index (κ3) is 5.13. The van der Waals surface area contributed by atoms with Gasteiger partial charge in [-0.15, -0.1) is 11.8 Å². The van der Waals surface area contributed by atoms with Crippen LogP contribution in [0.25, 0.3) is 10.9 Å². The first-order chi connectivity index (χ1) is 15.1. The maximum absolute atomic E-state index is 13.6. The van der Waals surface area contributed by atoms with Gasteiger partial charge < -0.3 is 15.0 Å². The van der Waals surface area contributed by atoms with E-state index < -0.39 is 11.7 Å². The number of ether oxygens (including phenoxy) is 1. The molecule has 0 atom stereocenters. The lowest BCUT2D eigenvalue weighted by atomic mass is 10.2. The number of thioether (sulfide) groups is 1. The van der Waals surface area contributed by atoms with Crippen LogP contribution in [-0.2, 0) is 10.5 Å². The normalized spacial score (nSPS) is 10.7. The molecule has 2 N–H and O–H groups in total. The minimum absolute atomic E-state index is 0.0283. The fraction of sp³-hybridized carbons (Fsp3) is 0.0833. The third-order valence-electron chi connectivity index (χ3n) is 4.53. The van der Waals surface area contributed by atoms with Gasteiger partial charge in [0, 0.05) is 33.3 Å². The number of hydrogen-bond acceptors (Lipinski definition) is 4. The van der Waals surface area contributed by atoms with Crippen LogP contribution in [0.2, 0.25) is 0 Å². The summed E-state index contributed by atoms with van der Waals surface area (Å²) in [5, 5.41) is 3.45. The summed E-state index contributed by atoms with van der Waals surface area (Å²) in [5.74, 6) is -0.356. The number of carbonyl (C=O) groups excluding carboxylic acids is 1. The van der Waals surface area contributed by atoms with Crippen LogP contribution in [0.3, 0.4) is 0 Å². The SMILES string of the molecule is O=C(COc1ccccc1F)Nc1ccccc1SCc1cc(=O)c2ccccc2[nH]1. The lowest BCUT2D eigenvalue weighted by Crippen LogP contribution is -2.20. The smallest absolute Gasteiger partial charge is 0.262 e. The number of amides is 1. The standard InChI is InChI=1S/C24H19FN2O3S/c25-18-8-2-5-11-22(18)30-14-24(29)27-20-10-4-6-12-23(20)31-15-16-13-21(28)17-7-1-3-9-19(17)26-16/h1-13H,14-15H2,(H,26,28)(H,27,29). The van der Waals surface area contributed by atoms with Crippen LogP contribution >= 0.6 is 11.8 Å². The summed E-state index contributed by atoms with van der Waals surface area (Å²) in [6, 6.07) is 22.3. The van der Waals surface area contributed by atoms with Crippen molar-refractivity contribution in [3.05, 3.63) is 101 Å². The Balaban J connectivity index is 1.42. The van der Waals surface area contributed by atoms with Gasteiger partial charge in [-0.1, -0.05) is 36.4 Å². The molecule has 0 radical (unpaired) electrons. The van der Waals surface area contributed by atoms with Crippen LogP contribution in [-0.4, -0.2) is 17.5 Å². The topological polar surface area (TPSA) is 71.2 Å². The van der Waals surface area contributed by atoms with Crippen molar-refractivity contribution in [3.63, 3.8) is 0 Å². The van der Waals surface area contributed by atoms with E-state index in [-0.39, 0.29) is 17.8 Å². The molecule has 156 valence electrons. The molecule has 4 rings (SSSR count). The van der Waals surface area contributed by atoms with Gasteiger partial charge in [0.1, 0.15) is 0 Å². The number of pyridine rings is 1. The molecular formula is C24H19FN2O3S. The zero-order valence-electron chi connectivity index (χ0n) is 16.4. The Labute approximate surface area is 182 Å². The molecule has 0 aliphatic carbocycles. The van der Waals surface area contributed by atoms with Crippen molar-refractivity contribution in [1.82, 2.24) is 4.98 Å². The van der Waals surface area contributed by atoms with E-state index in [0.717, 1.165) is 16.1 Å². The average molecular weight is 434 g/mol. The molecule has 5 nitrogen and oxygen atoms in total. The highest BCUT2D eigenvalue weighted by atomic mass is 32.2. The second-order valence-electron chi connectivity index (χ2n) is 6.76. The minimum Gasteiger partial charge on any atom is -0.481 e. The molecule has 0 fully saturated rings. The Morgan fingerprint density at radius 2 is 1.74 bits per heavy atom. The van der Waals surface area contributed by atoms with Crippen molar-refractivity contribution in [2.45, 2.75) is 10.6 Å². The minimum atomic E-state index is -0.518. The Morgan fingerprint density at radius 3 is 2.61 bits per heavy atom. The molecule has 0 aliphatic heterocycles. The number of halogens is 1. The zero-order valence-corrected chi connectivity index (χ0v) is 17.2. The third-order valence-corrected chi connectivity index (χ3v) is 5.66. The molecule has 1 amide bonds. The Hall–Kier alpha value is -3.58. The van der Waals surface area contributed by atoms with Gasteiger partial charge in [0.05, 0.1) is 5.69 Å². The van der Waals surface area contributed by atoms with Gasteiger partial charge in [0.2, 0.25) is 0 Å². The summed E-state index contributed by atoms with van der Waals surface area (Å²) in [6.07, 6.45) is 0. The summed E-state index contributed by atoms with van der Waals surface area (Å²) in [6.45, 7) is -0.308. The van der Waals surface area contributed by atoms with E-state index in [1.165, 1.54) is 23.9 Å². The Bertz CT molecular complexity index is 1290. The molecule has 0 saturated heterocycles. The molecule has 0 unspecified atom stereocenters. The van der Waals surface area contributed by atoms with Gasteiger partial charge in [0.15, 0.2) is 23.6 Å². The summed E-state index contributed by atoms with van der Waals surface area (Å²) in [4.78, 5) is 28.7. The van der Waals surface area contributed by atoms with E-state index in [4.69, 9.17) is 4.74 Å². The summed E-state index contributed by atoms with van der Waals surface area (Å²) >= 11 is 1.49. The quantitative estimate of drug-likeness (QED) is 0.403. The Kier molecular flexibility index (Phi) is 6.33. The molecule has 1 aromatic heterocycles. The molecule has 0 bridgehead atoms. The van der Waals surface area contributed by atoms with Crippen LogP contribution in [0.15, 0.2) is 88.6 Å². The fourth-order valence-corrected chi connectivity index (χ4v) is 3.99. The molecular weight excluding hydrogens is 415 g/mol. The molecule has 31 heavy (non-hydrogen) atoms. The maximum atomic E-state index is 13.6. The van der Waals surface area contributed by atoms with Crippen LogP contribution in [0.5, 0.6) is 5.75 Å². The second-order valence-corrected chi connectivity index (χ2v) is 7.77. The van der Waals surface area contributed by atoms with Crippen LogP contribution in [0.1, 0.15) is 5.69 Å². The summed E-state index contributed by atoms with van der Waals surface area (Å²) in [7, 11) is 0. The number of benzene rings is 3. The maximum Gasteiger partial charge on any atom is 0.262 e. The molecule has 3 aromatic carbocycles. The number of nitrogens with one attached hydrogen (secondary N) is 2. The molecule has 0 spiro atoms. The van der Waals surface area contributed by atoms with Crippen molar-refractivity contribution in [3.8, 4) is 5.75 Å². The van der Waals surface area contributed by atoms with Gasteiger partial charge in [0.25, 0.3) is 5.91 Å². The highest BCUT2D eigenvalue weighted by molar-refractivity contribution is 7.98. The largest absolute Gasteiger partial charge is 0.481 e. The van der Waals surface area contributed by atoms with Crippen LogP contribution < -0.4 is 15.5 Å². The van der Waals surface area contributed by atoms with E-state index in [1.54, 1.807) is 30.3 Å². The number of fused-ring (bicyclic) bond motifs is 1. The first-order valence-corrected chi connectivity index (χ1v) is 10.6. The van der Waals surface area contributed by atoms with Gasteiger partial charge in [-0.3, -0.25) is 9.59 Å². The van der Waals surface area contributed by atoms with E-state index in [0.29, 0.717) is 16.8 Å². The van der Waals surface area contributed by atoms with Gasteiger partial charge in [-0.2, -0.15) is 0 Å². The number of aromatic amines is 1. The van der Waals surface area contributed by atoms with Crippen molar-refractivity contribution in [1.29, 1.82) is 0 Å². The number of hydrogen-bond donors (Lipinski definition) is 2. The number of aromatic nitrogens is 1. The van der Waals surface area contributed by atoms with Gasteiger partial charge in [-0.05, 0) is 36.4 Å². The molecule has 0 saturated carbocycles. The zero-order chi connectivity index (χ0) is 21.6. The molecule has 4 aromatic rings. The van der Waals surface area contributed by atoms with E-state index in [2.05, 4.69) is 10.3 Å². The average Bonchev–Trinajstić information content (AvgIpc) is 2.78. The highest BCUT2D eigenvalue weighted by Crippen LogP contribution is 2.29. The Morgan fingerprint density at radius 1 is 1.00 bits per heavy atom. The van der Waals surface area contributed by atoms with Crippen molar-refractivity contribution in [2.75, 3.05) is 11.9 Å². The van der Waals surface area contributed by atoms with E-state index in [9.17, 15) is 14.0 Å². The molecule has 0 aliphatic rings. The number of para-hydroxylation sites is 3. The monoisotopic (exact) mass is 434 g/mol.